The molecule has 1 aliphatic rings. The second-order valence-corrected chi connectivity index (χ2v) is 20.7. The predicted molar refractivity (Wildman–Crippen MR) is 326 cm³/mol. The normalized spacial score (nSPS) is 12.7. The first-order valence-corrected chi connectivity index (χ1v) is 29.2. The number of imidazole rings is 1. The number of nitrogens with two attached hydrogens (primary N) is 1. The Labute approximate surface area is 525 Å². The van der Waals surface area contributed by atoms with Crippen molar-refractivity contribution in [1.29, 1.82) is 0 Å². The zero-order valence-electron chi connectivity index (χ0n) is 50.3. The lowest BCUT2D eigenvalue weighted by molar-refractivity contribution is -0.137. The number of nitrogens with one attached hydrogen (secondary N) is 7. The van der Waals surface area contributed by atoms with E-state index in [1.165, 1.54) is 48.7 Å². The van der Waals surface area contributed by atoms with Gasteiger partial charge in [0.1, 0.15) is 42.6 Å². The van der Waals surface area contributed by atoms with Gasteiger partial charge in [0.15, 0.2) is 5.82 Å². The maximum absolute atomic E-state index is 15.0. The molecular weight excluding hydrogens is 1210 g/mol. The number of carboxylic acids is 1. The highest BCUT2D eigenvalue weighted by atomic mass is 19.3. The van der Waals surface area contributed by atoms with Gasteiger partial charge in [-0.05, 0) is 78.9 Å². The van der Waals surface area contributed by atoms with Crippen LogP contribution in [0, 0.1) is 11.7 Å². The van der Waals surface area contributed by atoms with E-state index in [1.54, 1.807) is 62.4 Å². The fourth-order valence-electron chi connectivity index (χ4n) is 8.96. The number of rotatable bonds is 38. The fourth-order valence-corrected chi connectivity index (χ4v) is 8.96. The molecule has 0 saturated heterocycles. The van der Waals surface area contributed by atoms with E-state index in [2.05, 4.69) is 46.9 Å². The number of aromatic amines is 1. The number of aromatic carboxylic acids is 1. The zero-order valence-corrected chi connectivity index (χ0v) is 50.3. The molecule has 0 unspecified atom stereocenters. The third kappa shape index (κ3) is 21.6. The summed E-state index contributed by atoms with van der Waals surface area (Å²) < 4.78 is 75.6. The number of carbonyl (C=O) groups excluding carboxylic acids is 7. The first kappa shape index (κ1) is 69.4. The van der Waals surface area contributed by atoms with Crippen molar-refractivity contribution in [3.05, 3.63) is 132 Å². The first-order chi connectivity index (χ1) is 44.3. The summed E-state index contributed by atoms with van der Waals surface area (Å²) in [6, 6.07) is 18.5. The molecule has 10 N–H and O–H groups in total. The van der Waals surface area contributed by atoms with Gasteiger partial charge >= 0.3 is 18.1 Å². The summed E-state index contributed by atoms with van der Waals surface area (Å²) >= 11 is 0. The number of pyridine rings is 2. The molecule has 7 rings (SSSR count). The van der Waals surface area contributed by atoms with Crippen molar-refractivity contribution < 1.29 is 85.1 Å². The highest BCUT2D eigenvalue weighted by Crippen LogP contribution is 2.33. The molecule has 1 aliphatic heterocycles. The molecule has 0 aliphatic carbocycles. The molecule has 0 radical (unpaired) electrons. The molecule has 0 bridgehead atoms. The smallest absolute Gasteiger partial charge is 0.407 e. The van der Waals surface area contributed by atoms with E-state index in [1.807, 2.05) is 0 Å². The van der Waals surface area contributed by atoms with Crippen molar-refractivity contribution in [2.24, 2.45) is 11.7 Å². The number of carbonyl (C=O) groups is 8. The van der Waals surface area contributed by atoms with Crippen molar-refractivity contribution in [2.75, 3.05) is 89.7 Å². The molecule has 0 saturated carbocycles. The van der Waals surface area contributed by atoms with Gasteiger partial charge in [-0.2, -0.15) is 0 Å². The summed E-state index contributed by atoms with van der Waals surface area (Å²) in [6.45, 7) is 5.37. The third-order valence-corrected chi connectivity index (χ3v) is 13.7. The maximum Gasteiger partial charge on any atom is 0.407 e. The number of benzene rings is 3. The number of halogens is 3. The average Bonchev–Trinajstić information content (AvgIpc) is 1.58. The van der Waals surface area contributed by atoms with Crippen molar-refractivity contribution in [3.63, 3.8) is 0 Å². The topological polar surface area (TPSA) is 368 Å². The quantitative estimate of drug-likeness (QED) is 0.0164. The van der Waals surface area contributed by atoms with E-state index in [9.17, 15) is 56.6 Å². The Hall–Kier alpha value is -10.0. The molecule has 92 heavy (non-hydrogen) atoms. The molecule has 490 valence electrons. The molecule has 6 aromatic rings. The summed E-state index contributed by atoms with van der Waals surface area (Å²) in [5.41, 5.74) is 6.94. The summed E-state index contributed by atoms with van der Waals surface area (Å²) in [5, 5.41) is 26.1. The summed E-state index contributed by atoms with van der Waals surface area (Å²) in [5.74, 6) is -4.57. The van der Waals surface area contributed by atoms with Gasteiger partial charge < -0.3 is 76.1 Å². The molecule has 0 spiro atoms. The largest absolute Gasteiger partial charge is 0.490 e. The minimum atomic E-state index is -2.85. The highest BCUT2D eigenvalue weighted by molar-refractivity contribution is 6.12. The van der Waals surface area contributed by atoms with Crippen LogP contribution in [0.25, 0.3) is 33.5 Å². The fraction of sp³-hybridized carbons (Fsp3) is 0.371. The Morgan fingerprint density at radius 2 is 1.46 bits per heavy atom. The monoisotopic (exact) mass is 1280 g/mol. The maximum atomic E-state index is 15.0. The van der Waals surface area contributed by atoms with Crippen molar-refractivity contribution in [2.45, 2.75) is 64.8 Å². The van der Waals surface area contributed by atoms with E-state index < -0.39 is 71.4 Å². The van der Waals surface area contributed by atoms with E-state index in [0.717, 1.165) is 11.0 Å². The van der Waals surface area contributed by atoms with E-state index in [4.69, 9.17) is 39.1 Å². The molecule has 8 amide bonds. The number of alkyl carbamates (subject to hydrolysis) is 1. The molecule has 0 fully saturated rings. The van der Waals surface area contributed by atoms with E-state index >= 15 is 0 Å². The summed E-state index contributed by atoms with van der Waals surface area (Å²) in [6.07, 6.45) is 0.610. The van der Waals surface area contributed by atoms with Gasteiger partial charge in [0.05, 0.1) is 113 Å². The van der Waals surface area contributed by atoms with Crippen LogP contribution in [0.1, 0.15) is 67.0 Å². The number of hydrogen-bond acceptors (Lipinski definition) is 18. The number of primary amides is 1. The Morgan fingerprint density at radius 1 is 0.761 bits per heavy atom. The lowest BCUT2D eigenvalue weighted by Crippen LogP contribution is -2.54. The number of H-pyrrole nitrogens is 1. The van der Waals surface area contributed by atoms with Gasteiger partial charge in [-0.25, -0.2) is 37.5 Å². The number of alkyl halides is 2. The average molecular weight is 1280 g/mol. The standard InChI is InChI=1S/C62H71F3N12O15/c1-37(2)54(76-50(78)19-23-87-26-28-89-30-31-90-29-27-88-25-22-77-51(79)17-18-52(77)80)59(82)73-48(10-5-20-67-61(66)85)58(81)71-41-14-11-38(12-15-41)36-92-62(86)68-21-24-91-42-33-40-32-39(13-16-44(40)69-34-42)55-56(46-8-4-9-47(72-46)57(64)65)75-49(74-55)35-70-45-7-3-6-43(53(45)63)60(83)84/h3-4,6-9,11-18,32-34,37,48,54,57,70H,5,10,19-31,35-36H2,1-2H3,(H,68,86)(H,71,81)(H,73,82)(H,74,75)(H,76,78)(H,83,84)(H3,66,67,85)/t48-,54-/m0/s1. The van der Waals surface area contributed by atoms with E-state index in [-0.39, 0.29) is 139 Å². The SMILES string of the molecule is CC(C)[C@H](NC(=O)CCOCCOCCOCCOCCN1C(=O)C=CC1=O)C(=O)N[C@@H](CCCNC(N)=O)C(=O)Nc1ccc(COC(=O)NCCOc2cnc3ccc(-c4nc(CNc5cccc(C(=O)O)c5F)[nH]c4-c4cccc(C(F)F)n4)cc3c2)cc1. The Kier molecular flexibility index (Phi) is 26.7. The molecule has 4 heterocycles. The first-order valence-electron chi connectivity index (χ1n) is 29.2. The van der Waals surface area contributed by atoms with Gasteiger partial charge in [-0.15, -0.1) is 0 Å². The summed E-state index contributed by atoms with van der Waals surface area (Å²) in [7, 11) is 0. The number of fused-ring (bicyclic) bond motifs is 1. The number of ether oxygens (including phenoxy) is 6. The van der Waals surface area contributed by atoms with Crippen LogP contribution in [0.15, 0.2) is 103 Å². The van der Waals surface area contributed by atoms with Crippen LogP contribution >= 0.6 is 0 Å². The third-order valence-electron chi connectivity index (χ3n) is 13.7. The van der Waals surface area contributed by atoms with E-state index in [0.29, 0.717) is 52.4 Å². The zero-order chi connectivity index (χ0) is 65.9. The molecule has 3 aromatic heterocycles. The highest BCUT2D eigenvalue weighted by Gasteiger charge is 2.29. The minimum Gasteiger partial charge on any atom is -0.490 e. The van der Waals surface area contributed by atoms with Gasteiger partial charge in [-0.3, -0.25) is 33.9 Å². The van der Waals surface area contributed by atoms with Crippen LogP contribution in [0.5, 0.6) is 5.75 Å². The van der Waals surface area contributed by atoms with Crippen molar-refractivity contribution in [1.82, 2.24) is 46.1 Å². The Morgan fingerprint density at radius 3 is 2.14 bits per heavy atom. The van der Waals surface area contributed by atoms with Crippen molar-refractivity contribution in [3.8, 4) is 28.4 Å². The summed E-state index contributed by atoms with van der Waals surface area (Å²) in [4.78, 5) is 116. The number of nitrogens with zero attached hydrogens (tertiary/aromatic N) is 4. The molecule has 3 aromatic carbocycles. The number of aromatic nitrogens is 4. The Balaban J connectivity index is 0.827. The van der Waals surface area contributed by atoms with Crippen LogP contribution in [-0.2, 0) is 60.8 Å². The Bertz CT molecular complexity index is 3540. The molecule has 27 nitrogen and oxygen atoms in total. The van der Waals surface area contributed by atoms with Crippen LogP contribution < -0.4 is 42.4 Å². The number of carboxylic acid groups (broad SMARTS) is 1. The van der Waals surface area contributed by atoms with Crippen LogP contribution in [0.4, 0.5) is 34.1 Å². The lowest BCUT2D eigenvalue weighted by atomic mass is 10.0. The second kappa shape index (κ2) is 35.4. The number of anilines is 2. The number of imide groups is 1. The molecule has 30 heteroatoms. The van der Waals surface area contributed by atoms with Gasteiger partial charge in [0.2, 0.25) is 17.7 Å². The van der Waals surface area contributed by atoms with Gasteiger partial charge in [-0.1, -0.05) is 44.2 Å². The van der Waals surface area contributed by atoms with Gasteiger partial charge in [0, 0.05) is 41.8 Å². The van der Waals surface area contributed by atoms with Crippen molar-refractivity contribution >= 4 is 69.9 Å². The predicted octanol–water partition coefficient (Wildman–Crippen LogP) is 5.77. The molecule has 2 atom stereocenters. The lowest BCUT2D eigenvalue weighted by Gasteiger charge is -2.25. The van der Waals surface area contributed by atoms with Gasteiger partial charge in [0.25, 0.3) is 18.2 Å². The second-order valence-electron chi connectivity index (χ2n) is 20.7. The number of urea groups is 1. The van der Waals surface area contributed by atoms with Crippen LogP contribution in [0.2, 0.25) is 0 Å². The number of amides is 8. The van der Waals surface area contributed by atoms with Crippen LogP contribution in [0.3, 0.4) is 0 Å². The molecular formula is C62H71F3N12O15. The number of hydrogen-bond donors (Lipinski definition) is 9. The van der Waals surface area contributed by atoms with Crippen LogP contribution in [-0.4, -0.2) is 169 Å². The minimum absolute atomic E-state index is 0.0124.